The first-order chi connectivity index (χ1) is 9.02. The minimum Gasteiger partial charge on any atom is -0.461 e. The third-order valence-electron chi connectivity index (χ3n) is 2.88. The van der Waals surface area contributed by atoms with E-state index in [-0.39, 0.29) is 50.2 Å². The minimum atomic E-state index is -0.366. The molecule has 1 aromatic carbocycles. The van der Waals surface area contributed by atoms with Crippen molar-refractivity contribution in [3.05, 3.63) is 35.4 Å². The van der Waals surface area contributed by atoms with Gasteiger partial charge >= 0.3 is 5.97 Å². The molecule has 2 N–H and O–H groups in total. The van der Waals surface area contributed by atoms with Crippen LogP contribution in [0.15, 0.2) is 24.3 Å². The van der Waals surface area contributed by atoms with Gasteiger partial charge in [0, 0.05) is 6.42 Å². The maximum absolute atomic E-state index is 11.4. The van der Waals surface area contributed by atoms with E-state index in [0.29, 0.717) is 5.92 Å². The van der Waals surface area contributed by atoms with Crippen LogP contribution in [0.1, 0.15) is 43.7 Å². The molecule has 0 heterocycles. The van der Waals surface area contributed by atoms with E-state index >= 15 is 0 Å². The van der Waals surface area contributed by atoms with Crippen LogP contribution >= 0.6 is 12.4 Å². The van der Waals surface area contributed by atoms with Gasteiger partial charge in [-0.15, -0.1) is 12.4 Å². The number of hydrogen-bond acceptors (Lipinski definition) is 4. The molecule has 0 atom stereocenters. The fourth-order valence-electron chi connectivity index (χ4n) is 1.58. The highest BCUT2D eigenvalue weighted by molar-refractivity contribution is 5.85. The molecule has 0 saturated heterocycles. The van der Waals surface area contributed by atoms with E-state index in [4.69, 9.17) is 10.5 Å². The molecule has 112 valence electrons. The topological polar surface area (TPSA) is 69.4 Å². The second kappa shape index (κ2) is 9.50. The van der Waals surface area contributed by atoms with Gasteiger partial charge in [-0.1, -0.05) is 38.1 Å². The lowest BCUT2D eigenvalue weighted by Crippen LogP contribution is -2.15. The Morgan fingerprint density at radius 3 is 2.25 bits per heavy atom. The van der Waals surface area contributed by atoms with Crippen molar-refractivity contribution >= 4 is 24.2 Å². The molecule has 0 aromatic heterocycles. The van der Waals surface area contributed by atoms with Crippen molar-refractivity contribution in [3.8, 4) is 0 Å². The summed E-state index contributed by atoms with van der Waals surface area (Å²) in [5, 5.41) is 0. The number of carbonyl (C=O) groups excluding carboxylic acids is 2. The number of ketones is 1. The van der Waals surface area contributed by atoms with Crippen LogP contribution < -0.4 is 5.73 Å². The molecule has 4 nitrogen and oxygen atoms in total. The van der Waals surface area contributed by atoms with Gasteiger partial charge in [-0.25, -0.2) is 0 Å². The Hall–Kier alpha value is -1.39. The molecular formula is C15H22ClNO3. The SMILES string of the molecule is CC(C)c1ccc(COC(=O)CCC(=O)CN)cc1.Cl. The number of benzene rings is 1. The molecule has 0 aliphatic rings. The van der Waals surface area contributed by atoms with Gasteiger partial charge < -0.3 is 10.5 Å². The van der Waals surface area contributed by atoms with Crippen molar-refractivity contribution in [1.29, 1.82) is 0 Å². The Morgan fingerprint density at radius 2 is 1.75 bits per heavy atom. The maximum atomic E-state index is 11.4. The summed E-state index contributed by atoms with van der Waals surface area (Å²) in [5.74, 6) is -0.00755. The molecule has 1 rings (SSSR count). The van der Waals surface area contributed by atoms with Gasteiger partial charge in [-0.05, 0) is 17.0 Å². The standard InChI is InChI=1S/C15H21NO3.ClH/c1-11(2)13-5-3-12(4-6-13)10-19-15(18)8-7-14(17)9-16;/h3-6,11H,7-10,16H2,1-2H3;1H. The quantitative estimate of drug-likeness (QED) is 0.786. The van der Waals surface area contributed by atoms with E-state index in [0.717, 1.165) is 5.56 Å². The van der Waals surface area contributed by atoms with E-state index in [1.165, 1.54) is 5.56 Å². The summed E-state index contributed by atoms with van der Waals surface area (Å²) in [6.07, 6.45) is 0.252. The van der Waals surface area contributed by atoms with Crippen molar-refractivity contribution < 1.29 is 14.3 Å². The monoisotopic (exact) mass is 299 g/mol. The smallest absolute Gasteiger partial charge is 0.306 e. The zero-order chi connectivity index (χ0) is 14.3. The molecule has 0 amide bonds. The Labute approximate surface area is 126 Å². The van der Waals surface area contributed by atoms with Crippen molar-refractivity contribution in [3.63, 3.8) is 0 Å². The van der Waals surface area contributed by atoms with Crippen molar-refractivity contribution in [2.24, 2.45) is 5.73 Å². The van der Waals surface area contributed by atoms with Crippen LogP contribution in [-0.4, -0.2) is 18.3 Å². The first kappa shape index (κ1) is 18.6. The molecule has 0 saturated carbocycles. The van der Waals surface area contributed by atoms with Gasteiger partial charge in [0.1, 0.15) is 12.4 Å². The van der Waals surface area contributed by atoms with Crippen LogP contribution in [0.4, 0.5) is 0 Å². The predicted octanol–water partition coefficient (Wildman–Crippen LogP) is 2.58. The third-order valence-corrected chi connectivity index (χ3v) is 2.88. The summed E-state index contributed by atoms with van der Waals surface area (Å²) < 4.78 is 5.09. The number of carbonyl (C=O) groups is 2. The third kappa shape index (κ3) is 6.68. The van der Waals surface area contributed by atoms with Crippen molar-refractivity contribution in [2.75, 3.05) is 6.54 Å². The lowest BCUT2D eigenvalue weighted by molar-refractivity contribution is -0.146. The number of nitrogens with two attached hydrogens (primary N) is 1. The van der Waals surface area contributed by atoms with Gasteiger partial charge in [0.15, 0.2) is 0 Å². The van der Waals surface area contributed by atoms with E-state index in [2.05, 4.69) is 13.8 Å². The van der Waals surface area contributed by atoms with Gasteiger partial charge in [0.05, 0.1) is 13.0 Å². The number of Topliss-reactive ketones (excluding diaryl/α,β-unsaturated/α-hetero) is 1. The van der Waals surface area contributed by atoms with Crippen LogP contribution in [0.3, 0.4) is 0 Å². The van der Waals surface area contributed by atoms with Crippen LogP contribution in [0.5, 0.6) is 0 Å². The van der Waals surface area contributed by atoms with Crippen LogP contribution in [-0.2, 0) is 20.9 Å². The van der Waals surface area contributed by atoms with E-state index in [1.807, 2.05) is 24.3 Å². The number of halogens is 1. The van der Waals surface area contributed by atoms with Gasteiger partial charge in [-0.3, -0.25) is 9.59 Å². The summed E-state index contributed by atoms with van der Waals surface area (Å²) in [5.41, 5.74) is 7.36. The molecular weight excluding hydrogens is 278 g/mol. The molecule has 0 spiro atoms. The highest BCUT2D eigenvalue weighted by atomic mass is 35.5. The Morgan fingerprint density at radius 1 is 1.15 bits per heavy atom. The number of ether oxygens (including phenoxy) is 1. The average Bonchev–Trinajstić information content (AvgIpc) is 2.42. The molecule has 0 radical (unpaired) electrons. The molecule has 0 fully saturated rings. The molecule has 5 heteroatoms. The van der Waals surface area contributed by atoms with Gasteiger partial charge in [0.25, 0.3) is 0 Å². The average molecular weight is 300 g/mol. The fraction of sp³-hybridized carbons (Fsp3) is 0.467. The lowest BCUT2D eigenvalue weighted by atomic mass is 10.0. The Balaban J connectivity index is 0.00000361. The highest BCUT2D eigenvalue weighted by Crippen LogP contribution is 2.15. The number of rotatable bonds is 7. The van der Waals surface area contributed by atoms with E-state index in [9.17, 15) is 9.59 Å². The maximum Gasteiger partial charge on any atom is 0.306 e. The summed E-state index contributed by atoms with van der Waals surface area (Å²) in [6.45, 7) is 4.48. The number of hydrogen-bond donors (Lipinski definition) is 1. The highest BCUT2D eigenvalue weighted by Gasteiger charge is 2.07. The van der Waals surface area contributed by atoms with Gasteiger partial charge in [0.2, 0.25) is 0 Å². The summed E-state index contributed by atoms with van der Waals surface area (Å²) in [6, 6.07) is 7.97. The predicted molar refractivity (Wildman–Crippen MR) is 80.9 cm³/mol. The molecule has 1 aromatic rings. The van der Waals surface area contributed by atoms with Crippen molar-refractivity contribution in [1.82, 2.24) is 0 Å². The molecule has 20 heavy (non-hydrogen) atoms. The molecule has 0 bridgehead atoms. The van der Waals surface area contributed by atoms with Crippen LogP contribution in [0.25, 0.3) is 0 Å². The first-order valence-corrected chi connectivity index (χ1v) is 6.49. The second-order valence-electron chi connectivity index (χ2n) is 4.80. The van der Waals surface area contributed by atoms with Crippen molar-refractivity contribution in [2.45, 2.75) is 39.2 Å². The molecule has 0 aliphatic carbocycles. The van der Waals surface area contributed by atoms with Gasteiger partial charge in [-0.2, -0.15) is 0 Å². The first-order valence-electron chi connectivity index (χ1n) is 6.49. The summed E-state index contributed by atoms with van der Waals surface area (Å²) >= 11 is 0. The fourth-order valence-corrected chi connectivity index (χ4v) is 1.58. The van der Waals surface area contributed by atoms with Crippen LogP contribution in [0, 0.1) is 0 Å². The Kier molecular flexibility index (Phi) is 8.84. The minimum absolute atomic E-state index is 0. The van der Waals surface area contributed by atoms with E-state index < -0.39 is 0 Å². The zero-order valence-electron chi connectivity index (χ0n) is 11.9. The molecule has 0 unspecified atom stereocenters. The normalized spacial score (nSPS) is 10.0. The Bertz CT molecular complexity index is 429. The van der Waals surface area contributed by atoms with E-state index in [1.54, 1.807) is 0 Å². The largest absolute Gasteiger partial charge is 0.461 e. The summed E-state index contributed by atoms with van der Waals surface area (Å²) in [7, 11) is 0. The lowest BCUT2D eigenvalue weighted by Gasteiger charge is -2.07. The molecule has 0 aliphatic heterocycles. The summed E-state index contributed by atoms with van der Waals surface area (Å²) in [4.78, 5) is 22.4. The number of esters is 1. The zero-order valence-corrected chi connectivity index (χ0v) is 12.7. The van der Waals surface area contributed by atoms with Crippen LogP contribution in [0.2, 0.25) is 0 Å². The second-order valence-corrected chi connectivity index (χ2v) is 4.80.